The van der Waals surface area contributed by atoms with Crippen molar-refractivity contribution in [1.29, 1.82) is 0 Å². The molecule has 48 valence electrons. The van der Waals surface area contributed by atoms with Crippen LogP contribution in [0.2, 0.25) is 0 Å². The van der Waals surface area contributed by atoms with Crippen LogP contribution in [0.4, 0.5) is 0 Å². The third-order valence-corrected chi connectivity index (χ3v) is 0.955. The summed E-state index contributed by atoms with van der Waals surface area (Å²) in [5.74, 6) is 0. The average molecular weight is 127 g/mol. The van der Waals surface area contributed by atoms with Crippen molar-refractivity contribution in [2.45, 2.75) is 0 Å². The highest BCUT2D eigenvalue weighted by Gasteiger charge is 1.89. The Morgan fingerprint density at radius 3 is 2.78 bits per heavy atom. The summed E-state index contributed by atoms with van der Waals surface area (Å²) in [5.41, 5.74) is -0.992. The fourth-order valence-electron chi connectivity index (χ4n) is 0.413. The van der Waals surface area contributed by atoms with Crippen LogP contribution in [0.25, 0.3) is 0 Å². The fraction of sp³-hybridized carbons (Fsp3) is 0.250. The molecule has 0 atom stereocenters. The van der Waals surface area contributed by atoms with Gasteiger partial charge in [0.15, 0.2) is 0 Å². The molecule has 0 unspecified atom stereocenters. The Morgan fingerprint density at radius 1 is 1.67 bits per heavy atom. The molecule has 1 aromatic heterocycles. The van der Waals surface area contributed by atoms with Crippen molar-refractivity contribution in [3.63, 3.8) is 0 Å². The first-order chi connectivity index (χ1) is 4.22. The van der Waals surface area contributed by atoms with Gasteiger partial charge >= 0.3 is 11.4 Å². The summed E-state index contributed by atoms with van der Waals surface area (Å²) in [6, 6.07) is 0. The van der Waals surface area contributed by atoms with Crippen molar-refractivity contribution in [3.05, 3.63) is 27.3 Å². The third-order valence-electron chi connectivity index (χ3n) is 0.955. The van der Waals surface area contributed by atoms with Gasteiger partial charge in [-0.2, -0.15) is 4.98 Å². The molecule has 1 N–H and O–H groups in total. The lowest BCUT2D eigenvalue weighted by molar-refractivity contribution is 0.728. The maximum Gasteiger partial charge on any atom is 0.352 e. The molecule has 1 rings (SSSR count). The quantitative estimate of drug-likeness (QED) is 0.459. The average Bonchev–Trinajstić information content (AvgIpc) is 1.83. The van der Waals surface area contributed by atoms with Crippen molar-refractivity contribution in [3.8, 4) is 0 Å². The van der Waals surface area contributed by atoms with Gasteiger partial charge in [0.1, 0.15) is 6.33 Å². The predicted molar refractivity (Wildman–Crippen MR) is 30.1 cm³/mol. The summed E-state index contributed by atoms with van der Waals surface area (Å²) in [5, 5.41) is 0. The zero-order valence-corrected chi connectivity index (χ0v) is 4.79. The van der Waals surface area contributed by atoms with E-state index in [-0.39, 0.29) is 0 Å². The molecule has 5 nitrogen and oxygen atoms in total. The SMILES string of the molecule is Cn1c(=O)nc[nH]c1=O. The molecule has 0 saturated carbocycles. The van der Waals surface area contributed by atoms with Crippen molar-refractivity contribution in [2.24, 2.45) is 7.05 Å². The molecule has 0 aromatic carbocycles. The van der Waals surface area contributed by atoms with Gasteiger partial charge in [-0.05, 0) is 0 Å². The highest BCUT2D eigenvalue weighted by molar-refractivity contribution is 4.63. The molecular weight excluding hydrogens is 122 g/mol. The Bertz CT molecular complexity index is 282. The van der Waals surface area contributed by atoms with Crippen LogP contribution in [0.15, 0.2) is 15.9 Å². The van der Waals surface area contributed by atoms with Gasteiger partial charge in [0.2, 0.25) is 0 Å². The number of hydrogen-bond acceptors (Lipinski definition) is 3. The number of aromatic nitrogens is 3. The van der Waals surface area contributed by atoms with E-state index in [0.29, 0.717) is 0 Å². The number of nitrogens with zero attached hydrogens (tertiary/aromatic N) is 2. The van der Waals surface area contributed by atoms with Crippen LogP contribution in [-0.4, -0.2) is 14.5 Å². The van der Waals surface area contributed by atoms with Crippen molar-refractivity contribution in [2.75, 3.05) is 0 Å². The van der Waals surface area contributed by atoms with Crippen LogP contribution in [0.5, 0.6) is 0 Å². The minimum atomic E-state index is -0.543. The first-order valence-electron chi connectivity index (χ1n) is 2.32. The second-order valence-electron chi connectivity index (χ2n) is 1.55. The Labute approximate surface area is 50.0 Å². The van der Waals surface area contributed by atoms with E-state index in [1.807, 2.05) is 0 Å². The second-order valence-corrected chi connectivity index (χ2v) is 1.55. The van der Waals surface area contributed by atoms with E-state index >= 15 is 0 Å². The molecule has 0 saturated heterocycles. The highest BCUT2D eigenvalue weighted by atomic mass is 16.2. The fourth-order valence-corrected chi connectivity index (χ4v) is 0.413. The van der Waals surface area contributed by atoms with Gasteiger partial charge < -0.3 is 0 Å². The van der Waals surface area contributed by atoms with E-state index < -0.39 is 11.4 Å². The summed E-state index contributed by atoms with van der Waals surface area (Å²) < 4.78 is 0.889. The molecular formula is C4H5N3O2. The third kappa shape index (κ3) is 0.883. The first-order valence-corrected chi connectivity index (χ1v) is 2.32. The van der Waals surface area contributed by atoms with Crippen LogP contribution in [-0.2, 0) is 7.05 Å². The zero-order chi connectivity index (χ0) is 6.85. The molecule has 0 fully saturated rings. The maximum absolute atomic E-state index is 10.5. The number of H-pyrrole nitrogens is 1. The first kappa shape index (κ1) is 5.74. The Kier molecular flexibility index (Phi) is 1.18. The van der Waals surface area contributed by atoms with Crippen LogP contribution < -0.4 is 11.4 Å². The van der Waals surface area contributed by atoms with Crippen LogP contribution in [0.1, 0.15) is 0 Å². The molecule has 0 aliphatic carbocycles. The lowest BCUT2D eigenvalue weighted by atomic mass is 10.9. The van der Waals surface area contributed by atoms with E-state index in [2.05, 4.69) is 9.97 Å². The van der Waals surface area contributed by atoms with E-state index in [1.165, 1.54) is 7.05 Å². The van der Waals surface area contributed by atoms with E-state index in [1.54, 1.807) is 0 Å². The number of rotatable bonds is 0. The highest BCUT2D eigenvalue weighted by Crippen LogP contribution is 1.50. The second kappa shape index (κ2) is 1.85. The molecule has 1 aromatic rings. The molecule has 0 spiro atoms. The zero-order valence-electron chi connectivity index (χ0n) is 4.79. The van der Waals surface area contributed by atoms with Gasteiger partial charge in [-0.25, -0.2) is 14.2 Å². The summed E-state index contributed by atoms with van der Waals surface area (Å²) in [6.07, 6.45) is 1.07. The van der Waals surface area contributed by atoms with E-state index in [0.717, 1.165) is 10.9 Å². The molecule has 0 amide bonds. The topological polar surface area (TPSA) is 67.8 Å². The Morgan fingerprint density at radius 2 is 2.33 bits per heavy atom. The lowest BCUT2D eigenvalue weighted by Crippen LogP contribution is -2.33. The Balaban J connectivity index is 3.62. The molecule has 0 radical (unpaired) electrons. The monoisotopic (exact) mass is 127 g/mol. The minimum absolute atomic E-state index is 0.449. The van der Waals surface area contributed by atoms with Crippen LogP contribution in [0, 0.1) is 0 Å². The smallest absolute Gasteiger partial charge is 0.298 e. The number of aromatic amines is 1. The van der Waals surface area contributed by atoms with E-state index in [4.69, 9.17) is 0 Å². The van der Waals surface area contributed by atoms with E-state index in [9.17, 15) is 9.59 Å². The van der Waals surface area contributed by atoms with Crippen molar-refractivity contribution in [1.82, 2.24) is 14.5 Å². The molecule has 1 heterocycles. The standard InChI is InChI=1S/C4H5N3O2/c1-7-3(8)5-2-6-4(7)9/h2H,1H3,(H,5,6,8,9). The lowest BCUT2D eigenvalue weighted by Gasteiger charge is -1.87. The maximum atomic E-state index is 10.5. The summed E-state index contributed by atoms with van der Waals surface area (Å²) >= 11 is 0. The van der Waals surface area contributed by atoms with Crippen LogP contribution in [0.3, 0.4) is 0 Å². The molecule has 9 heavy (non-hydrogen) atoms. The molecule has 0 aliphatic heterocycles. The van der Waals surface area contributed by atoms with Crippen molar-refractivity contribution >= 4 is 0 Å². The summed E-state index contributed by atoms with van der Waals surface area (Å²) in [7, 11) is 1.36. The van der Waals surface area contributed by atoms with Crippen molar-refractivity contribution < 1.29 is 0 Å². The van der Waals surface area contributed by atoms with Gasteiger partial charge in [-0.15, -0.1) is 0 Å². The van der Waals surface area contributed by atoms with Gasteiger partial charge in [0, 0.05) is 7.05 Å². The Hall–Kier alpha value is -1.39. The van der Waals surface area contributed by atoms with Gasteiger partial charge in [0.05, 0.1) is 0 Å². The normalized spacial score (nSPS) is 9.44. The number of hydrogen-bond donors (Lipinski definition) is 1. The molecule has 0 bridgehead atoms. The molecule has 5 heteroatoms. The number of nitrogens with one attached hydrogen (secondary N) is 1. The van der Waals surface area contributed by atoms with Gasteiger partial charge in [0.25, 0.3) is 0 Å². The molecule has 0 aliphatic rings. The largest absolute Gasteiger partial charge is 0.352 e. The van der Waals surface area contributed by atoms with Gasteiger partial charge in [-0.1, -0.05) is 0 Å². The predicted octanol–water partition coefficient (Wildman–Crippen LogP) is -1.53. The minimum Gasteiger partial charge on any atom is -0.298 e. The van der Waals surface area contributed by atoms with Crippen LogP contribution >= 0.6 is 0 Å². The summed E-state index contributed by atoms with van der Waals surface area (Å²) in [4.78, 5) is 26.5. The summed E-state index contributed by atoms with van der Waals surface area (Å²) in [6.45, 7) is 0. The van der Waals surface area contributed by atoms with Gasteiger partial charge in [-0.3, -0.25) is 4.98 Å².